The van der Waals surface area contributed by atoms with Crippen molar-refractivity contribution < 1.29 is 13.9 Å². The molecule has 3 rings (SSSR count). The third-order valence-corrected chi connectivity index (χ3v) is 4.88. The lowest BCUT2D eigenvalue weighted by Crippen LogP contribution is -2.26. The lowest BCUT2D eigenvalue weighted by atomic mass is 10.2. The van der Waals surface area contributed by atoms with E-state index in [2.05, 4.69) is 20.1 Å². The number of amides is 1. The van der Waals surface area contributed by atoms with Gasteiger partial charge in [-0.05, 0) is 25.1 Å². The average Bonchev–Trinajstić information content (AvgIpc) is 3.19. The van der Waals surface area contributed by atoms with Gasteiger partial charge < -0.3 is 15.4 Å². The van der Waals surface area contributed by atoms with Crippen LogP contribution in [0, 0.1) is 5.82 Å². The lowest BCUT2D eigenvalue weighted by molar-refractivity contribution is 0.138. The van der Waals surface area contributed by atoms with Gasteiger partial charge >= 0.3 is 6.09 Å². The second-order valence-electron chi connectivity index (χ2n) is 7.03. The van der Waals surface area contributed by atoms with E-state index in [1.54, 1.807) is 42.2 Å². The number of hydrogen-bond acceptors (Lipinski definition) is 5. The third kappa shape index (κ3) is 5.59. The smallest absolute Gasteiger partial charge is 0.413 e. The zero-order valence-corrected chi connectivity index (χ0v) is 18.8. The molecule has 9 nitrogen and oxygen atoms in total. The summed E-state index contributed by atoms with van der Waals surface area (Å²) in [4.78, 5) is 26.4. The van der Waals surface area contributed by atoms with Crippen LogP contribution in [0.1, 0.15) is 31.5 Å². The van der Waals surface area contributed by atoms with Gasteiger partial charge in [-0.3, -0.25) is 0 Å². The molecule has 0 unspecified atom stereocenters. The van der Waals surface area contributed by atoms with Crippen LogP contribution >= 0.6 is 0 Å². The monoisotopic (exact) mass is 451 g/mol. The van der Waals surface area contributed by atoms with Gasteiger partial charge in [0.2, 0.25) is 0 Å². The summed E-state index contributed by atoms with van der Waals surface area (Å²) in [7, 11) is 1.64. The van der Waals surface area contributed by atoms with Crippen molar-refractivity contribution in [3.63, 3.8) is 0 Å². The molecule has 1 amide bonds. The maximum Gasteiger partial charge on any atom is 0.414 e. The van der Waals surface area contributed by atoms with E-state index < -0.39 is 6.09 Å². The molecule has 1 aromatic carbocycles. The van der Waals surface area contributed by atoms with E-state index in [0.29, 0.717) is 41.0 Å². The molecular formula is C23H26FN7O2. The SMILES string of the molecule is CC/C(=C\N=C(N=CN)c1nn(Cc2ccccc2F)c2ncccc12)OC(=O)N(C)CC. The predicted octanol–water partition coefficient (Wildman–Crippen LogP) is 3.69. The number of amidine groups is 1. The number of carbonyl (C=O) groups is 1. The summed E-state index contributed by atoms with van der Waals surface area (Å²) < 4.78 is 21.2. The van der Waals surface area contributed by atoms with Gasteiger partial charge in [0.1, 0.15) is 17.3 Å². The van der Waals surface area contributed by atoms with Crippen molar-refractivity contribution in [3.8, 4) is 0 Å². The standard InChI is InChI=1S/C23H26FN7O2/c1-4-17(33-23(32)30(3)5-2)13-27-21(28-15-25)20-18-10-8-12-26-22(18)31(29-20)14-16-9-6-7-11-19(16)24/h6-13,15H,4-5,14H2,1-3H3,(H2,25,27,28)/b17-13+. The first kappa shape index (κ1) is 23.6. The molecule has 33 heavy (non-hydrogen) atoms. The van der Waals surface area contributed by atoms with Crippen molar-refractivity contribution in [1.82, 2.24) is 19.7 Å². The summed E-state index contributed by atoms with van der Waals surface area (Å²) in [6.07, 6.45) is 4.12. The van der Waals surface area contributed by atoms with Gasteiger partial charge in [-0.25, -0.2) is 28.8 Å². The Labute approximate surface area is 191 Å². The van der Waals surface area contributed by atoms with Gasteiger partial charge in [-0.1, -0.05) is 25.1 Å². The van der Waals surface area contributed by atoms with E-state index in [1.807, 2.05) is 19.9 Å². The number of fused-ring (bicyclic) bond motifs is 1. The number of ether oxygens (including phenoxy) is 1. The van der Waals surface area contributed by atoms with E-state index in [-0.39, 0.29) is 18.2 Å². The molecule has 0 bridgehead atoms. The normalized spacial score (nSPS) is 12.5. The number of aliphatic imine (C=N–C) groups is 2. The molecule has 0 fully saturated rings. The third-order valence-electron chi connectivity index (χ3n) is 4.88. The van der Waals surface area contributed by atoms with E-state index in [0.717, 1.165) is 6.34 Å². The molecule has 0 radical (unpaired) electrons. The van der Waals surface area contributed by atoms with Crippen LogP contribution in [-0.2, 0) is 11.3 Å². The second-order valence-corrected chi connectivity index (χ2v) is 7.03. The highest BCUT2D eigenvalue weighted by Gasteiger charge is 2.17. The van der Waals surface area contributed by atoms with Crippen molar-refractivity contribution >= 4 is 29.3 Å². The predicted molar refractivity (Wildman–Crippen MR) is 125 cm³/mol. The Balaban J connectivity index is 2.02. The van der Waals surface area contributed by atoms with Crippen molar-refractivity contribution in [1.29, 1.82) is 0 Å². The molecule has 0 spiro atoms. The van der Waals surface area contributed by atoms with E-state index in [1.165, 1.54) is 17.2 Å². The van der Waals surface area contributed by atoms with Crippen molar-refractivity contribution in [2.75, 3.05) is 13.6 Å². The molecule has 0 aliphatic rings. The maximum atomic E-state index is 14.2. The lowest BCUT2D eigenvalue weighted by Gasteiger charge is -2.14. The summed E-state index contributed by atoms with van der Waals surface area (Å²) in [6.45, 7) is 4.38. The highest BCUT2D eigenvalue weighted by molar-refractivity contribution is 6.09. The molecule has 0 aliphatic carbocycles. The first-order valence-corrected chi connectivity index (χ1v) is 10.5. The molecule has 2 heterocycles. The van der Waals surface area contributed by atoms with E-state index in [9.17, 15) is 9.18 Å². The fraction of sp³-hybridized carbons (Fsp3) is 0.261. The Hall–Kier alpha value is -4.08. The zero-order chi connectivity index (χ0) is 23.8. The van der Waals surface area contributed by atoms with Gasteiger partial charge in [0.05, 0.1) is 24.5 Å². The molecule has 172 valence electrons. The number of nitrogens with two attached hydrogens (primary N) is 1. The molecule has 0 atom stereocenters. The number of benzene rings is 1. The van der Waals surface area contributed by atoms with Crippen LogP contribution in [0.5, 0.6) is 0 Å². The van der Waals surface area contributed by atoms with Crippen LogP contribution in [0.15, 0.2) is 64.5 Å². The summed E-state index contributed by atoms with van der Waals surface area (Å²) >= 11 is 0. The summed E-state index contributed by atoms with van der Waals surface area (Å²) in [5, 5.41) is 5.27. The topological polar surface area (TPSA) is 111 Å². The molecule has 2 aromatic heterocycles. The number of aromatic nitrogens is 3. The van der Waals surface area contributed by atoms with Crippen LogP contribution in [0.2, 0.25) is 0 Å². The van der Waals surface area contributed by atoms with Crippen molar-refractivity contribution in [2.24, 2.45) is 15.7 Å². The van der Waals surface area contributed by atoms with Crippen LogP contribution in [0.4, 0.5) is 9.18 Å². The van der Waals surface area contributed by atoms with Gasteiger partial charge in [0, 0.05) is 31.8 Å². The van der Waals surface area contributed by atoms with Crippen LogP contribution < -0.4 is 5.73 Å². The number of carbonyl (C=O) groups excluding carboxylic acids is 1. The molecule has 0 saturated carbocycles. The number of rotatable bonds is 7. The first-order valence-electron chi connectivity index (χ1n) is 10.5. The zero-order valence-electron chi connectivity index (χ0n) is 18.8. The quantitative estimate of drug-likeness (QED) is 0.335. The van der Waals surface area contributed by atoms with Crippen LogP contribution in [0.3, 0.4) is 0 Å². The summed E-state index contributed by atoms with van der Waals surface area (Å²) in [5.74, 6) is 0.230. The number of pyridine rings is 1. The Morgan fingerprint density at radius 3 is 2.76 bits per heavy atom. The van der Waals surface area contributed by atoms with Crippen molar-refractivity contribution in [2.45, 2.75) is 26.8 Å². The number of halogens is 1. The van der Waals surface area contributed by atoms with Gasteiger partial charge in [-0.15, -0.1) is 0 Å². The molecule has 0 aliphatic heterocycles. The van der Waals surface area contributed by atoms with Gasteiger partial charge in [0.25, 0.3) is 0 Å². The van der Waals surface area contributed by atoms with Gasteiger partial charge in [-0.2, -0.15) is 5.10 Å². The Kier molecular flexibility index (Phi) is 7.85. The first-order chi connectivity index (χ1) is 16.0. The highest BCUT2D eigenvalue weighted by atomic mass is 19.1. The van der Waals surface area contributed by atoms with Crippen LogP contribution in [-0.4, -0.2) is 51.5 Å². The molecule has 3 aromatic rings. The van der Waals surface area contributed by atoms with Gasteiger partial charge in [0.15, 0.2) is 11.5 Å². The number of nitrogens with zero attached hydrogens (tertiary/aromatic N) is 6. The minimum absolute atomic E-state index is 0.177. The number of allylic oxidation sites excluding steroid dienone is 1. The minimum Gasteiger partial charge on any atom is -0.413 e. The highest BCUT2D eigenvalue weighted by Crippen LogP contribution is 2.20. The largest absolute Gasteiger partial charge is 0.414 e. The second kappa shape index (κ2) is 11.0. The maximum absolute atomic E-state index is 14.2. The molecule has 2 N–H and O–H groups in total. The van der Waals surface area contributed by atoms with Crippen molar-refractivity contribution in [3.05, 3.63) is 71.6 Å². The van der Waals surface area contributed by atoms with Crippen LogP contribution in [0.25, 0.3) is 11.0 Å². The molecule has 10 heteroatoms. The van der Waals surface area contributed by atoms with E-state index >= 15 is 0 Å². The minimum atomic E-state index is -0.478. The fourth-order valence-electron chi connectivity index (χ4n) is 2.94. The fourth-order valence-corrected chi connectivity index (χ4v) is 2.94. The average molecular weight is 452 g/mol. The van der Waals surface area contributed by atoms with E-state index in [4.69, 9.17) is 10.5 Å². The Morgan fingerprint density at radius 2 is 2.06 bits per heavy atom. The molecular weight excluding hydrogens is 425 g/mol. The Morgan fingerprint density at radius 1 is 1.27 bits per heavy atom. The molecule has 0 saturated heterocycles. The Bertz CT molecular complexity index is 1220. The summed E-state index contributed by atoms with van der Waals surface area (Å²) in [6, 6.07) is 10.1. The number of hydrogen-bond donors (Lipinski definition) is 1. The summed E-state index contributed by atoms with van der Waals surface area (Å²) in [5.41, 5.74) is 6.99.